The van der Waals surface area contributed by atoms with Crippen LogP contribution in [0, 0.1) is 0 Å². The number of carbonyl (C=O) groups excluding carboxylic acids is 1. The molecule has 0 fully saturated rings. The van der Waals surface area contributed by atoms with Crippen molar-refractivity contribution < 1.29 is 131 Å². The van der Waals surface area contributed by atoms with E-state index in [1.54, 1.807) is 0 Å². The van der Waals surface area contributed by atoms with Gasteiger partial charge in [-0.3, -0.25) is 0 Å². The minimum atomic E-state index is -3.63. The van der Waals surface area contributed by atoms with Gasteiger partial charge in [-0.25, -0.2) is 13.6 Å². The standard InChI is InChI=1S/C6H7NO3S.CH2O3.2K/c7-11(9,10)6-3-1-5(8)2-4-6;2-1(3)4;;/h1-4,8H,(H2,7,9,10);(H2,2,3,4);;/q;;2*+1/p-2. The number of primary sulfonamides is 1. The van der Waals surface area contributed by atoms with E-state index >= 15 is 0 Å². The fraction of sp³-hybridized carbons (Fsp3) is 0. The average Bonchev–Trinajstić information content (AvgIpc) is 2.01. The quantitative estimate of drug-likeness (QED) is 0.493. The van der Waals surface area contributed by atoms with Crippen LogP contribution in [0.15, 0.2) is 29.2 Å². The van der Waals surface area contributed by atoms with Gasteiger partial charge in [-0.1, -0.05) is 0 Å². The Bertz CT molecular complexity index is 428. The van der Waals surface area contributed by atoms with E-state index in [1.807, 2.05) is 0 Å². The van der Waals surface area contributed by atoms with E-state index in [-0.39, 0.29) is 113 Å². The van der Waals surface area contributed by atoms with Crippen LogP contribution in [0.1, 0.15) is 0 Å². The molecule has 7 nitrogen and oxygen atoms in total. The van der Waals surface area contributed by atoms with Crippen LogP contribution in [-0.2, 0) is 10.0 Å². The summed E-state index contributed by atoms with van der Waals surface area (Å²) in [6.07, 6.45) is -2.33. The molecule has 0 aliphatic carbocycles. The molecule has 1 aromatic carbocycles. The number of hydrogen-bond donors (Lipinski definition) is 2. The van der Waals surface area contributed by atoms with E-state index in [2.05, 4.69) is 0 Å². The van der Waals surface area contributed by atoms with E-state index in [1.165, 1.54) is 24.3 Å². The largest absolute Gasteiger partial charge is 1.00 e. The summed E-state index contributed by atoms with van der Waals surface area (Å²) < 4.78 is 21.3. The Morgan fingerprint density at radius 1 is 1.12 bits per heavy atom. The molecule has 0 atom stereocenters. The molecule has 0 saturated carbocycles. The van der Waals surface area contributed by atoms with E-state index in [0.29, 0.717) is 0 Å². The molecule has 0 radical (unpaired) electrons. The van der Waals surface area contributed by atoms with Crippen LogP contribution in [0.25, 0.3) is 0 Å². The maximum atomic E-state index is 10.6. The van der Waals surface area contributed by atoms with Crippen molar-refractivity contribution in [2.24, 2.45) is 5.14 Å². The summed E-state index contributed by atoms with van der Waals surface area (Å²) in [6.45, 7) is 0. The molecule has 84 valence electrons. The molecule has 3 N–H and O–H groups in total. The number of rotatable bonds is 1. The van der Waals surface area contributed by atoms with E-state index < -0.39 is 16.2 Å². The van der Waals surface area contributed by atoms with Crippen molar-refractivity contribution in [1.82, 2.24) is 0 Å². The minimum Gasteiger partial charge on any atom is -0.652 e. The smallest absolute Gasteiger partial charge is 0.652 e. The second-order valence-corrected chi connectivity index (χ2v) is 3.85. The second kappa shape index (κ2) is 11.3. The molecule has 10 heteroatoms. The van der Waals surface area contributed by atoms with Crippen molar-refractivity contribution in [3.63, 3.8) is 0 Å². The van der Waals surface area contributed by atoms with Crippen LogP contribution in [0.5, 0.6) is 5.75 Å². The zero-order valence-electron chi connectivity index (χ0n) is 9.28. The molecule has 0 bridgehead atoms. The molecule has 0 amide bonds. The number of nitrogens with two attached hydrogens (primary N) is 1. The van der Waals surface area contributed by atoms with Crippen molar-refractivity contribution in [2.75, 3.05) is 0 Å². The van der Waals surface area contributed by atoms with Gasteiger partial charge in [0, 0.05) is 0 Å². The van der Waals surface area contributed by atoms with Gasteiger partial charge < -0.3 is 20.1 Å². The van der Waals surface area contributed by atoms with Crippen molar-refractivity contribution in [3.05, 3.63) is 24.3 Å². The van der Waals surface area contributed by atoms with Crippen LogP contribution in [0.3, 0.4) is 0 Å². The first-order valence-corrected chi connectivity index (χ1v) is 4.98. The maximum Gasteiger partial charge on any atom is 1.00 e. The number of carbonyl (C=O) groups is 1. The molecule has 0 saturated heterocycles. The van der Waals surface area contributed by atoms with Crippen LogP contribution in [0.2, 0.25) is 0 Å². The maximum absolute atomic E-state index is 10.6. The Morgan fingerprint density at radius 3 is 1.65 bits per heavy atom. The van der Waals surface area contributed by atoms with Gasteiger partial charge in [-0.15, -0.1) is 0 Å². The van der Waals surface area contributed by atoms with Crippen LogP contribution in [-0.4, -0.2) is 19.7 Å². The Hall–Kier alpha value is 1.47. The minimum absolute atomic E-state index is 0. The first-order chi connectivity index (χ1) is 6.73. The summed E-state index contributed by atoms with van der Waals surface area (Å²) in [5.74, 6) is 0.0115. The van der Waals surface area contributed by atoms with Gasteiger partial charge in [0.15, 0.2) is 0 Å². The van der Waals surface area contributed by atoms with Crippen LogP contribution >= 0.6 is 0 Å². The third-order valence-electron chi connectivity index (χ3n) is 1.17. The van der Waals surface area contributed by atoms with Crippen molar-refractivity contribution in [3.8, 4) is 5.75 Å². The molecule has 0 spiro atoms. The molecular weight excluding hydrogens is 304 g/mol. The summed E-state index contributed by atoms with van der Waals surface area (Å²) in [5, 5.41) is 30.3. The predicted molar refractivity (Wildman–Crippen MR) is 44.9 cm³/mol. The number of phenolic OH excluding ortho intramolecular Hbond substituents is 1. The summed E-state index contributed by atoms with van der Waals surface area (Å²) in [6, 6.07) is 5.01. The van der Waals surface area contributed by atoms with Gasteiger partial charge in [0.1, 0.15) is 5.75 Å². The molecule has 0 aromatic heterocycles. The zero-order chi connectivity index (χ0) is 12.1. The number of carboxylic acid groups (broad SMARTS) is 2. The molecule has 0 aliphatic heterocycles. The van der Waals surface area contributed by atoms with E-state index in [9.17, 15) is 8.42 Å². The molecule has 0 unspecified atom stereocenters. The third-order valence-corrected chi connectivity index (χ3v) is 2.09. The number of aromatic hydroxyl groups is 1. The van der Waals surface area contributed by atoms with E-state index in [4.69, 9.17) is 25.3 Å². The summed E-state index contributed by atoms with van der Waals surface area (Å²) in [5.41, 5.74) is 0. The van der Waals surface area contributed by atoms with Crippen LogP contribution in [0.4, 0.5) is 4.79 Å². The first kappa shape index (κ1) is 23.6. The topological polar surface area (TPSA) is 144 Å². The predicted octanol–water partition coefficient (Wildman–Crippen LogP) is -8.40. The summed E-state index contributed by atoms with van der Waals surface area (Å²) in [7, 11) is -3.63. The van der Waals surface area contributed by atoms with Gasteiger partial charge in [0.05, 0.1) is 4.90 Å². The monoisotopic (exact) mass is 311 g/mol. The molecule has 0 heterocycles. The molecular formula is C7H7K2NO6S. The van der Waals surface area contributed by atoms with Crippen molar-refractivity contribution in [1.29, 1.82) is 0 Å². The number of sulfonamides is 1. The summed E-state index contributed by atoms with van der Waals surface area (Å²) in [4.78, 5) is 8.33. The third kappa shape index (κ3) is 13.7. The normalized spacial score (nSPS) is 8.76. The molecule has 0 aliphatic rings. The second-order valence-electron chi connectivity index (χ2n) is 2.29. The Kier molecular flexibility index (Phi) is 15.7. The molecule has 1 rings (SSSR count). The average molecular weight is 311 g/mol. The van der Waals surface area contributed by atoms with Gasteiger partial charge in [-0.05, 0) is 30.4 Å². The summed E-state index contributed by atoms with van der Waals surface area (Å²) >= 11 is 0. The Balaban J connectivity index is -0.000000289. The van der Waals surface area contributed by atoms with Crippen LogP contribution < -0.4 is 118 Å². The Morgan fingerprint density at radius 2 is 1.41 bits per heavy atom. The van der Waals surface area contributed by atoms with E-state index in [0.717, 1.165) is 0 Å². The van der Waals surface area contributed by atoms with Gasteiger partial charge >= 0.3 is 103 Å². The van der Waals surface area contributed by atoms with Gasteiger partial charge in [0.2, 0.25) is 10.0 Å². The number of hydrogen-bond acceptors (Lipinski definition) is 6. The van der Waals surface area contributed by atoms with Gasteiger partial charge in [0.25, 0.3) is 0 Å². The SMILES string of the molecule is NS(=O)(=O)c1ccc(O)cc1.O=C([O-])[O-].[K+].[K+]. The fourth-order valence-electron chi connectivity index (χ4n) is 0.636. The van der Waals surface area contributed by atoms with Crippen molar-refractivity contribution >= 4 is 16.2 Å². The number of benzene rings is 1. The van der Waals surface area contributed by atoms with Gasteiger partial charge in [-0.2, -0.15) is 0 Å². The zero-order valence-corrected chi connectivity index (χ0v) is 16.3. The number of phenols is 1. The first-order valence-electron chi connectivity index (χ1n) is 3.43. The Labute approximate surface area is 183 Å². The molecule has 1 aromatic rings. The fourth-order valence-corrected chi connectivity index (χ4v) is 1.15. The molecule has 17 heavy (non-hydrogen) atoms. The van der Waals surface area contributed by atoms with Crippen molar-refractivity contribution in [2.45, 2.75) is 4.90 Å².